The van der Waals surface area contributed by atoms with Gasteiger partial charge in [-0.05, 0) is 55.4 Å². The lowest BCUT2D eigenvalue weighted by atomic mass is 10.0. The molecule has 0 saturated carbocycles. The molecule has 0 N–H and O–H groups in total. The predicted molar refractivity (Wildman–Crippen MR) is 76.7 cm³/mol. The number of esters is 1. The van der Waals surface area contributed by atoms with Gasteiger partial charge in [0.15, 0.2) is 0 Å². The molecule has 0 radical (unpaired) electrons. The molecule has 102 valence electrons. The number of halogens is 1. The molecule has 1 aromatic carbocycles. The van der Waals surface area contributed by atoms with Crippen LogP contribution in [0, 0.1) is 5.92 Å². The van der Waals surface area contributed by atoms with E-state index in [0.717, 1.165) is 25.5 Å². The average Bonchev–Trinajstić information content (AvgIpc) is 2.79. The number of alkyl halides is 1. The Balaban J connectivity index is 2.07. The molecular formula is C15H17BrO3. The highest BCUT2D eigenvalue weighted by atomic mass is 79.9. The summed E-state index contributed by atoms with van der Waals surface area (Å²) < 4.78 is 5.00. The number of fused-ring (bicyclic) bond motifs is 1. The van der Waals surface area contributed by atoms with Gasteiger partial charge >= 0.3 is 5.97 Å². The van der Waals surface area contributed by atoms with E-state index < -0.39 is 0 Å². The van der Waals surface area contributed by atoms with Crippen LogP contribution in [-0.4, -0.2) is 23.7 Å². The quantitative estimate of drug-likeness (QED) is 0.475. The van der Waals surface area contributed by atoms with E-state index in [1.165, 1.54) is 11.1 Å². The number of ether oxygens (including phenoxy) is 1. The lowest BCUT2D eigenvalue weighted by Gasteiger charge is -2.09. The van der Waals surface area contributed by atoms with Crippen molar-refractivity contribution in [2.24, 2.45) is 5.92 Å². The van der Waals surface area contributed by atoms with E-state index in [1.54, 1.807) is 6.92 Å². The Morgan fingerprint density at radius 3 is 2.89 bits per heavy atom. The summed E-state index contributed by atoms with van der Waals surface area (Å²) >= 11 is 3.35. The topological polar surface area (TPSA) is 43.4 Å². The molecule has 0 fully saturated rings. The van der Waals surface area contributed by atoms with Gasteiger partial charge in [0.2, 0.25) is 0 Å². The molecule has 0 unspecified atom stereocenters. The normalized spacial score (nSPS) is 18.7. The minimum Gasteiger partial charge on any atom is -0.462 e. The van der Waals surface area contributed by atoms with E-state index >= 15 is 0 Å². The van der Waals surface area contributed by atoms with Crippen LogP contribution in [0.5, 0.6) is 0 Å². The van der Waals surface area contributed by atoms with E-state index in [0.29, 0.717) is 18.1 Å². The van der Waals surface area contributed by atoms with Crippen LogP contribution in [0.1, 0.15) is 34.8 Å². The fourth-order valence-corrected chi connectivity index (χ4v) is 3.12. The maximum Gasteiger partial charge on any atom is 0.338 e. The lowest BCUT2D eigenvalue weighted by molar-refractivity contribution is -0.107. The van der Waals surface area contributed by atoms with Crippen LogP contribution in [-0.2, 0) is 22.4 Å². The molecule has 0 amide bonds. The van der Waals surface area contributed by atoms with Crippen LogP contribution in [0.4, 0.5) is 0 Å². The first-order valence-corrected chi connectivity index (χ1v) is 7.44. The highest BCUT2D eigenvalue weighted by molar-refractivity contribution is 9.09. The minimum atomic E-state index is -0.264. The second kappa shape index (κ2) is 6.33. The van der Waals surface area contributed by atoms with Crippen LogP contribution in [0.2, 0.25) is 0 Å². The van der Waals surface area contributed by atoms with E-state index in [4.69, 9.17) is 4.74 Å². The van der Waals surface area contributed by atoms with Crippen LogP contribution in [0.3, 0.4) is 0 Å². The summed E-state index contributed by atoms with van der Waals surface area (Å²) in [4.78, 5) is 22.3. The highest BCUT2D eigenvalue weighted by Gasteiger charge is 2.24. The maximum atomic E-state index is 11.7. The van der Waals surface area contributed by atoms with Gasteiger partial charge in [-0.15, -0.1) is 0 Å². The van der Waals surface area contributed by atoms with Crippen molar-refractivity contribution in [3.05, 3.63) is 34.9 Å². The molecular weight excluding hydrogens is 308 g/mol. The first-order valence-electron chi connectivity index (χ1n) is 6.52. The van der Waals surface area contributed by atoms with E-state index in [1.807, 2.05) is 18.2 Å². The molecule has 0 saturated heterocycles. The fourth-order valence-electron chi connectivity index (χ4n) is 2.59. The molecule has 0 bridgehead atoms. The first-order chi connectivity index (χ1) is 9.13. The molecule has 0 heterocycles. The molecule has 1 aliphatic rings. The molecule has 0 aliphatic heterocycles. The minimum absolute atomic E-state index is 0.0728. The van der Waals surface area contributed by atoms with E-state index in [9.17, 15) is 9.59 Å². The molecule has 19 heavy (non-hydrogen) atoms. The number of hydrogen-bond acceptors (Lipinski definition) is 3. The Labute approximate surface area is 121 Å². The van der Waals surface area contributed by atoms with Gasteiger partial charge in [0, 0.05) is 0 Å². The number of carbonyl (C=O) groups excluding carboxylic acids is 2. The molecule has 1 aromatic rings. The van der Waals surface area contributed by atoms with Crippen molar-refractivity contribution >= 4 is 28.2 Å². The second-order valence-electron chi connectivity index (χ2n) is 4.87. The van der Waals surface area contributed by atoms with Crippen molar-refractivity contribution in [1.29, 1.82) is 0 Å². The highest BCUT2D eigenvalue weighted by Crippen LogP contribution is 2.31. The predicted octanol–water partition coefficient (Wildman–Crippen LogP) is 2.93. The van der Waals surface area contributed by atoms with Gasteiger partial charge in [0.1, 0.15) is 6.29 Å². The Hall–Kier alpha value is -1.16. The Bertz CT molecular complexity index is 484. The fraction of sp³-hybridized carbons (Fsp3) is 0.467. The lowest BCUT2D eigenvalue weighted by Crippen LogP contribution is -2.09. The monoisotopic (exact) mass is 324 g/mol. The number of hydrogen-bond donors (Lipinski definition) is 0. The summed E-state index contributed by atoms with van der Waals surface area (Å²) in [5.41, 5.74) is 3.11. The molecule has 3 nitrogen and oxygen atoms in total. The molecule has 2 rings (SSSR count). The van der Waals surface area contributed by atoms with Crippen LogP contribution in [0.15, 0.2) is 18.2 Å². The molecule has 1 aliphatic carbocycles. The summed E-state index contributed by atoms with van der Waals surface area (Å²) in [7, 11) is 0. The van der Waals surface area contributed by atoms with Crippen LogP contribution in [0.25, 0.3) is 0 Å². The Morgan fingerprint density at radius 2 is 2.21 bits per heavy atom. The summed E-state index contributed by atoms with van der Waals surface area (Å²) in [6.07, 6.45) is 3.69. The third kappa shape index (κ3) is 3.44. The van der Waals surface area contributed by atoms with Gasteiger partial charge in [0.25, 0.3) is 0 Å². The van der Waals surface area contributed by atoms with Gasteiger partial charge in [0.05, 0.1) is 17.0 Å². The molecule has 0 spiro atoms. The van der Waals surface area contributed by atoms with Gasteiger partial charge in [-0.2, -0.15) is 0 Å². The first kappa shape index (κ1) is 14.3. The smallest absolute Gasteiger partial charge is 0.338 e. The second-order valence-corrected chi connectivity index (χ2v) is 6.04. The van der Waals surface area contributed by atoms with Gasteiger partial charge in [-0.25, -0.2) is 4.79 Å². The van der Waals surface area contributed by atoms with Crippen LogP contribution < -0.4 is 0 Å². The van der Waals surface area contributed by atoms with E-state index in [-0.39, 0.29) is 10.8 Å². The SMILES string of the molecule is CCOC(=O)c1ccc2c(c1)C[C@H](C[C@H](Br)C=O)C2. The van der Waals surface area contributed by atoms with E-state index in [2.05, 4.69) is 15.9 Å². The molecule has 4 heteroatoms. The van der Waals surface area contributed by atoms with Crippen molar-refractivity contribution in [2.45, 2.75) is 31.0 Å². The van der Waals surface area contributed by atoms with Crippen molar-refractivity contribution in [2.75, 3.05) is 6.61 Å². The zero-order valence-corrected chi connectivity index (χ0v) is 12.5. The van der Waals surface area contributed by atoms with Gasteiger partial charge in [-0.1, -0.05) is 22.0 Å². The largest absolute Gasteiger partial charge is 0.462 e. The molecule has 2 atom stereocenters. The number of aldehydes is 1. The third-order valence-electron chi connectivity index (χ3n) is 3.44. The standard InChI is InChI=1S/C15H17BrO3/c1-2-19-15(18)12-4-3-11-5-10(6-13(11)8-12)7-14(16)9-17/h3-4,8-10,14H,2,5-7H2,1H3/t10-,14+/m1/s1. The summed E-state index contributed by atoms with van der Waals surface area (Å²) in [6, 6.07) is 5.76. The summed E-state index contributed by atoms with van der Waals surface area (Å²) in [6.45, 7) is 2.19. The van der Waals surface area contributed by atoms with Gasteiger partial charge in [-0.3, -0.25) is 0 Å². The summed E-state index contributed by atoms with van der Waals surface area (Å²) in [5.74, 6) is 0.210. The number of rotatable bonds is 5. The van der Waals surface area contributed by atoms with Crippen molar-refractivity contribution < 1.29 is 14.3 Å². The Morgan fingerprint density at radius 1 is 1.47 bits per heavy atom. The zero-order chi connectivity index (χ0) is 13.8. The van der Waals surface area contributed by atoms with Crippen molar-refractivity contribution in [1.82, 2.24) is 0 Å². The maximum absolute atomic E-state index is 11.7. The van der Waals surface area contributed by atoms with Crippen LogP contribution >= 0.6 is 15.9 Å². The third-order valence-corrected chi connectivity index (χ3v) is 4.03. The Kier molecular flexibility index (Phi) is 4.75. The average molecular weight is 325 g/mol. The number of benzene rings is 1. The summed E-state index contributed by atoms with van der Waals surface area (Å²) in [5, 5.41) is 0. The van der Waals surface area contributed by atoms with Crippen molar-refractivity contribution in [3.8, 4) is 0 Å². The van der Waals surface area contributed by atoms with Gasteiger partial charge < -0.3 is 9.53 Å². The van der Waals surface area contributed by atoms with Crippen molar-refractivity contribution in [3.63, 3.8) is 0 Å². The zero-order valence-electron chi connectivity index (χ0n) is 10.9. The molecule has 0 aromatic heterocycles. The number of carbonyl (C=O) groups is 2.